The van der Waals surface area contributed by atoms with Crippen LogP contribution < -0.4 is 53.4 Å². The van der Waals surface area contributed by atoms with Crippen molar-refractivity contribution in [1.29, 1.82) is 0 Å². The van der Waals surface area contributed by atoms with Crippen molar-refractivity contribution < 1.29 is 38.2 Å². The highest BCUT2D eigenvalue weighted by molar-refractivity contribution is 5.96. The van der Waals surface area contributed by atoms with Crippen LogP contribution in [0, 0.1) is 5.92 Å². The fourth-order valence-corrected chi connectivity index (χ4v) is 13.4. The van der Waals surface area contributed by atoms with Gasteiger partial charge in [-0.15, -0.1) is 0 Å². The van der Waals surface area contributed by atoms with Crippen LogP contribution in [0.2, 0.25) is 0 Å². The van der Waals surface area contributed by atoms with Gasteiger partial charge in [-0.25, -0.2) is 0 Å². The van der Waals surface area contributed by atoms with E-state index in [1.165, 1.54) is 0 Å². The molecule has 0 radical (unpaired) electrons. The molecule has 8 N–H and O–H groups in total. The van der Waals surface area contributed by atoms with E-state index in [0.717, 1.165) is 85.6 Å². The number of nitrogens with zero attached hydrogens (tertiary/aromatic N) is 2. The van der Waals surface area contributed by atoms with Crippen LogP contribution in [-0.2, 0) is 51.1 Å². The van der Waals surface area contributed by atoms with Gasteiger partial charge < -0.3 is 61.8 Å². The summed E-state index contributed by atoms with van der Waals surface area (Å²) >= 11 is 0. The Morgan fingerprint density at radius 1 is 0.583 bits per heavy atom. The van der Waals surface area contributed by atoms with Gasteiger partial charge in [0.1, 0.15) is 35.5 Å². The molecular weight excluding hydrogens is 1070 g/mol. The first-order valence-corrected chi connectivity index (χ1v) is 31.3. The van der Waals surface area contributed by atoms with Gasteiger partial charge in [-0.2, -0.15) is 0 Å². The number of carbonyl (C=O) groups excluding carboxylic acids is 6. The summed E-state index contributed by atoms with van der Waals surface area (Å²) in [4.78, 5) is 112. The summed E-state index contributed by atoms with van der Waals surface area (Å²) in [5.41, 5.74) is 4.53. The molecule has 0 spiro atoms. The second-order valence-corrected chi connectivity index (χ2v) is 24.0. The van der Waals surface area contributed by atoms with E-state index < -0.39 is 59.2 Å². The van der Waals surface area contributed by atoms with Crippen molar-refractivity contribution in [2.75, 3.05) is 64.1 Å². The van der Waals surface area contributed by atoms with E-state index in [2.05, 4.69) is 54.7 Å². The molecule has 3 aromatic carbocycles. The van der Waals surface area contributed by atoms with Crippen LogP contribution in [-0.4, -0.2) is 147 Å². The minimum absolute atomic E-state index is 0.0219. The number of rotatable bonds is 28. The van der Waals surface area contributed by atoms with Gasteiger partial charge in [0.2, 0.25) is 35.4 Å². The standard InChI is InChI=1S/C64H90N10O10/c1-39(65-3)59(77)69-51(41-21-7-5-8-22-41)63(81)73-33-19-29-47(73)61(79)71-53-45-27-13-11-25-43(45)37-49(53)83-35-17-15-31-67-55-56(58(76)57(55)75)68-32-16-18-36-84-50-38-44-26-12-14-28-46(44)54(50)72-62(80)48-30-20-34-74(48)64(82)52(42-23-9-6-10-24-42)70-60(78)40(2)66-4/h11-14,21,25-28,39-40,42,47-54,65-68H,5-10,15-20,22-24,29-38H2,1-4H3,(H,69,77)(H,70,78)(H,71,79)(H,72,80)/t39-,40-,47-,48-,49+,50+,51-,52-,53-,54-/m0/s1. The van der Waals surface area contributed by atoms with Gasteiger partial charge in [0.15, 0.2) is 0 Å². The molecule has 84 heavy (non-hydrogen) atoms. The van der Waals surface area contributed by atoms with E-state index in [1.807, 2.05) is 42.5 Å². The van der Waals surface area contributed by atoms with Gasteiger partial charge in [0, 0.05) is 52.2 Å². The Bertz CT molecular complexity index is 2900. The van der Waals surface area contributed by atoms with E-state index in [9.17, 15) is 38.4 Å². The first-order valence-electron chi connectivity index (χ1n) is 31.3. The number of benzene rings is 2. The second kappa shape index (κ2) is 29.6. The number of likely N-dealkylation sites (tertiary alicyclic amines) is 2. The quantitative estimate of drug-likeness (QED) is 0.0283. The van der Waals surface area contributed by atoms with Gasteiger partial charge in [-0.3, -0.25) is 38.4 Å². The molecule has 0 bridgehead atoms. The van der Waals surface area contributed by atoms with E-state index in [0.29, 0.717) is 104 Å². The second-order valence-electron chi connectivity index (χ2n) is 24.0. The number of hydrogen-bond donors (Lipinski definition) is 8. The lowest BCUT2D eigenvalue weighted by Crippen LogP contribution is -2.58. The number of amides is 6. The van der Waals surface area contributed by atoms with Crippen molar-refractivity contribution in [3.05, 3.63) is 103 Å². The molecule has 0 aromatic heterocycles. The molecule has 456 valence electrons. The maximum atomic E-state index is 14.4. The normalized spacial score (nSPS) is 23.6. The Kier molecular flexibility index (Phi) is 21.8. The van der Waals surface area contributed by atoms with E-state index in [1.54, 1.807) is 37.7 Å². The third-order valence-electron chi connectivity index (χ3n) is 18.5. The monoisotopic (exact) mass is 1160 g/mol. The van der Waals surface area contributed by atoms with Crippen LogP contribution in [0.1, 0.15) is 157 Å². The number of hydrogen-bond acceptors (Lipinski definition) is 14. The van der Waals surface area contributed by atoms with Crippen LogP contribution >= 0.6 is 0 Å². The number of nitrogens with one attached hydrogen (secondary N) is 8. The van der Waals surface area contributed by atoms with Crippen LogP contribution in [0.5, 0.6) is 0 Å². The Hall–Kier alpha value is -6.48. The van der Waals surface area contributed by atoms with Gasteiger partial charge in [-0.1, -0.05) is 73.9 Å². The third-order valence-corrected chi connectivity index (χ3v) is 18.5. The molecule has 2 aliphatic heterocycles. The predicted molar refractivity (Wildman–Crippen MR) is 322 cm³/mol. The van der Waals surface area contributed by atoms with Crippen molar-refractivity contribution in [3.8, 4) is 0 Å². The van der Waals surface area contributed by atoms with Crippen molar-refractivity contribution in [3.63, 3.8) is 0 Å². The minimum atomic E-state index is -0.821. The third kappa shape index (κ3) is 14.6. The molecule has 2 heterocycles. The maximum absolute atomic E-state index is 14.4. The van der Waals surface area contributed by atoms with Gasteiger partial charge >= 0.3 is 0 Å². The van der Waals surface area contributed by atoms with Crippen molar-refractivity contribution in [1.82, 2.24) is 41.7 Å². The maximum Gasteiger partial charge on any atom is 0.253 e. The number of ether oxygens (including phenoxy) is 2. The summed E-state index contributed by atoms with van der Waals surface area (Å²) in [5.74, 6) is -1.37. The average molecular weight is 1160 g/mol. The summed E-state index contributed by atoms with van der Waals surface area (Å²) in [6, 6.07) is 11.4. The zero-order chi connectivity index (χ0) is 59.3. The van der Waals surface area contributed by atoms with Gasteiger partial charge in [0.25, 0.3) is 10.9 Å². The lowest BCUT2D eigenvalue weighted by atomic mass is 9.83. The molecule has 3 fully saturated rings. The van der Waals surface area contributed by atoms with Crippen LogP contribution in [0.15, 0.2) is 69.8 Å². The largest absolute Gasteiger partial charge is 0.380 e. The lowest BCUT2D eigenvalue weighted by molar-refractivity contribution is -0.143. The molecule has 3 aromatic rings. The first kappa shape index (κ1) is 62.1. The molecule has 4 aliphatic carbocycles. The van der Waals surface area contributed by atoms with E-state index in [4.69, 9.17) is 9.47 Å². The summed E-state index contributed by atoms with van der Waals surface area (Å²) in [6.45, 7) is 6.12. The Morgan fingerprint density at radius 2 is 1.08 bits per heavy atom. The molecule has 6 aliphatic rings. The lowest BCUT2D eigenvalue weighted by Gasteiger charge is -2.35. The van der Waals surface area contributed by atoms with E-state index in [-0.39, 0.29) is 64.9 Å². The number of allylic oxidation sites excluding steroid dienone is 1. The van der Waals surface area contributed by atoms with Crippen LogP contribution in [0.3, 0.4) is 0 Å². The molecule has 2 saturated heterocycles. The molecular formula is C64H90N10O10. The number of carbonyl (C=O) groups is 6. The highest BCUT2D eigenvalue weighted by atomic mass is 16.5. The predicted octanol–water partition coefficient (Wildman–Crippen LogP) is 4.51. The zero-order valence-corrected chi connectivity index (χ0v) is 49.7. The number of likely N-dealkylation sites (N-methyl/N-ethyl adjacent to an activating group) is 2. The summed E-state index contributed by atoms with van der Waals surface area (Å²) in [6.07, 6.45) is 16.1. The Balaban J connectivity index is 0.712. The molecule has 1 saturated carbocycles. The smallest absolute Gasteiger partial charge is 0.253 e. The molecule has 10 atom stereocenters. The van der Waals surface area contributed by atoms with Crippen molar-refractivity contribution in [2.45, 2.75) is 196 Å². The molecule has 6 amide bonds. The molecule has 20 nitrogen and oxygen atoms in total. The number of unbranched alkanes of at least 4 members (excludes halogenated alkanes) is 2. The topological polar surface area (TPSA) is 258 Å². The highest BCUT2D eigenvalue weighted by Crippen LogP contribution is 2.37. The molecule has 9 rings (SSSR count). The minimum Gasteiger partial charge on any atom is -0.380 e. The summed E-state index contributed by atoms with van der Waals surface area (Å²) < 4.78 is 13.0. The Labute approximate surface area is 494 Å². The summed E-state index contributed by atoms with van der Waals surface area (Å²) in [7, 11) is 3.42. The number of anilines is 2. The molecule has 20 heteroatoms. The fraction of sp³-hybridized carbons (Fsp3) is 0.625. The first-order chi connectivity index (χ1) is 40.8. The average Bonchev–Trinajstić information content (AvgIpc) is 4.42. The summed E-state index contributed by atoms with van der Waals surface area (Å²) in [5, 5.41) is 24.9. The number of fused-ring (bicyclic) bond motifs is 2. The van der Waals surface area contributed by atoms with Crippen molar-refractivity contribution in [2.24, 2.45) is 5.92 Å². The fourth-order valence-electron chi connectivity index (χ4n) is 13.4. The van der Waals surface area contributed by atoms with Crippen molar-refractivity contribution >= 4 is 46.8 Å². The van der Waals surface area contributed by atoms with E-state index >= 15 is 0 Å². The van der Waals surface area contributed by atoms with Crippen LogP contribution in [0.4, 0.5) is 11.4 Å². The highest BCUT2D eigenvalue weighted by Gasteiger charge is 2.45. The zero-order valence-electron chi connectivity index (χ0n) is 49.7. The molecule has 0 unspecified atom stereocenters. The van der Waals surface area contributed by atoms with Gasteiger partial charge in [0.05, 0.1) is 36.4 Å². The van der Waals surface area contributed by atoms with Gasteiger partial charge in [-0.05, 0) is 152 Å². The van der Waals surface area contributed by atoms with Crippen LogP contribution in [0.25, 0.3) is 0 Å². The Morgan fingerprint density at radius 3 is 1.58 bits per heavy atom. The SMILES string of the molecule is CN[C@@H](C)C(=O)N[C@H](C(=O)N1CCC[C@H]1C(=O)N[C@H]1c2ccccc2C[C@H]1OCCCCNc1c(NCCCCO[C@@H]2Cc3ccccc3[C@@H]2NC(=O)[C@@H]2CCCN2C(=O)[C@@H](NC(=O)[C@H](C)NC)C2CCCCC2)c(=O)c1=O)C1=CCCCC1.